The molecule has 0 bridgehead atoms. The molecule has 1 atom stereocenters. The van der Waals surface area contributed by atoms with Crippen LogP contribution < -0.4 is 10.6 Å². The van der Waals surface area contributed by atoms with Gasteiger partial charge in [0.25, 0.3) is 0 Å². The summed E-state index contributed by atoms with van der Waals surface area (Å²) in [5.41, 5.74) is 0.269. The predicted molar refractivity (Wildman–Crippen MR) is 99.3 cm³/mol. The van der Waals surface area contributed by atoms with Gasteiger partial charge in [0, 0.05) is 26.2 Å². The molecule has 138 valence electrons. The zero-order valence-corrected chi connectivity index (χ0v) is 15.5. The van der Waals surface area contributed by atoms with Gasteiger partial charge in [0.05, 0.1) is 16.7 Å². The Morgan fingerprint density at radius 1 is 1.32 bits per heavy atom. The molecule has 0 unspecified atom stereocenters. The van der Waals surface area contributed by atoms with E-state index in [0.717, 1.165) is 32.3 Å². The van der Waals surface area contributed by atoms with Crippen LogP contribution in [-0.2, 0) is 14.8 Å². The second-order valence-electron chi connectivity index (χ2n) is 6.26. The largest absolute Gasteiger partial charge is 0.506 e. The molecule has 2 aliphatic rings. The normalized spacial score (nSPS) is 21.4. The first kappa shape index (κ1) is 18.4. The number of aromatic hydroxyl groups is 1. The number of hydrogen-bond donors (Lipinski definition) is 3. The smallest absolute Gasteiger partial charge is 0.243 e. The van der Waals surface area contributed by atoms with Crippen LogP contribution in [0.3, 0.4) is 0 Å². The van der Waals surface area contributed by atoms with Gasteiger partial charge in [0.1, 0.15) is 5.75 Å². The lowest BCUT2D eigenvalue weighted by molar-refractivity contribution is 0.114. The van der Waals surface area contributed by atoms with Crippen LogP contribution in [0, 0.1) is 0 Å². The van der Waals surface area contributed by atoms with E-state index in [9.17, 15) is 13.5 Å². The van der Waals surface area contributed by atoms with Crippen molar-refractivity contribution in [1.29, 1.82) is 0 Å². The van der Waals surface area contributed by atoms with Gasteiger partial charge in [-0.3, -0.25) is 0 Å². The van der Waals surface area contributed by atoms with Crippen LogP contribution in [0.5, 0.6) is 5.75 Å². The van der Waals surface area contributed by atoms with Crippen molar-refractivity contribution in [2.24, 2.45) is 0 Å². The Bertz CT molecular complexity index is 727. The summed E-state index contributed by atoms with van der Waals surface area (Å²) in [5, 5.41) is 16.2. The van der Waals surface area contributed by atoms with Crippen LogP contribution in [0.25, 0.3) is 0 Å². The minimum atomic E-state index is -3.54. The molecule has 1 aromatic carbocycles. The molecule has 3 rings (SSSR count). The van der Waals surface area contributed by atoms with Gasteiger partial charge in [-0.1, -0.05) is 0 Å². The van der Waals surface area contributed by atoms with Crippen molar-refractivity contribution in [3.63, 3.8) is 0 Å². The molecule has 2 aliphatic heterocycles. The summed E-state index contributed by atoms with van der Waals surface area (Å²) in [5.74, 6) is -0.0540. The van der Waals surface area contributed by atoms with E-state index < -0.39 is 10.0 Å². The maximum absolute atomic E-state index is 12.6. The third-order valence-electron chi connectivity index (χ3n) is 4.43. The highest BCUT2D eigenvalue weighted by Gasteiger charge is 2.27. The molecule has 0 aromatic heterocycles. The van der Waals surface area contributed by atoms with Crippen molar-refractivity contribution >= 4 is 33.0 Å². The molecule has 2 heterocycles. The summed E-state index contributed by atoms with van der Waals surface area (Å²) in [7, 11) is -3.54. The van der Waals surface area contributed by atoms with Crippen molar-refractivity contribution in [2.45, 2.75) is 36.7 Å². The Hall–Kier alpha value is -1.42. The lowest BCUT2D eigenvalue weighted by atomic mass is 10.2. The highest BCUT2D eigenvalue weighted by molar-refractivity contribution is 7.89. The third kappa shape index (κ3) is 4.41. The van der Waals surface area contributed by atoms with Gasteiger partial charge in [0.15, 0.2) is 5.11 Å². The Morgan fingerprint density at radius 3 is 2.76 bits per heavy atom. The number of benzene rings is 1. The van der Waals surface area contributed by atoms with Gasteiger partial charge >= 0.3 is 0 Å². The summed E-state index contributed by atoms with van der Waals surface area (Å²) >= 11 is 5.23. The summed E-state index contributed by atoms with van der Waals surface area (Å²) < 4.78 is 32.3. The van der Waals surface area contributed by atoms with Gasteiger partial charge in [-0.15, -0.1) is 0 Å². The first-order valence-corrected chi connectivity index (χ1v) is 10.3. The van der Waals surface area contributed by atoms with E-state index in [0.29, 0.717) is 24.7 Å². The van der Waals surface area contributed by atoms with E-state index in [1.54, 1.807) is 0 Å². The number of ether oxygens (including phenoxy) is 1. The molecule has 0 spiro atoms. The van der Waals surface area contributed by atoms with Crippen molar-refractivity contribution in [3.8, 4) is 5.75 Å². The maximum Gasteiger partial charge on any atom is 0.243 e. The minimum absolute atomic E-state index is 0.0540. The molecule has 3 N–H and O–H groups in total. The van der Waals surface area contributed by atoms with E-state index >= 15 is 0 Å². The van der Waals surface area contributed by atoms with E-state index in [2.05, 4.69) is 10.6 Å². The molecule has 9 heteroatoms. The number of anilines is 1. The fourth-order valence-corrected chi connectivity index (χ4v) is 4.77. The molecule has 0 saturated carbocycles. The summed E-state index contributed by atoms with van der Waals surface area (Å²) in [6.07, 6.45) is 3.92. The topological polar surface area (TPSA) is 90.9 Å². The Balaban J connectivity index is 1.67. The van der Waals surface area contributed by atoms with Gasteiger partial charge in [0.2, 0.25) is 10.0 Å². The summed E-state index contributed by atoms with van der Waals surface area (Å²) in [4.78, 5) is 0.150. The number of hydrogen-bond acceptors (Lipinski definition) is 5. The second kappa shape index (κ2) is 7.86. The van der Waals surface area contributed by atoms with Crippen molar-refractivity contribution in [1.82, 2.24) is 9.62 Å². The van der Waals surface area contributed by atoms with Crippen LogP contribution in [-0.4, -0.2) is 55.3 Å². The monoisotopic (exact) mass is 385 g/mol. The number of phenolic OH excluding ortho intramolecular Hbond substituents is 1. The lowest BCUT2D eigenvalue weighted by Crippen LogP contribution is -2.35. The molecule has 1 aromatic rings. The average Bonchev–Trinajstić information content (AvgIpc) is 3.28. The predicted octanol–water partition coefficient (Wildman–Crippen LogP) is 1.64. The van der Waals surface area contributed by atoms with Crippen LogP contribution in [0.4, 0.5) is 5.69 Å². The minimum Gasteiger partial charge on any atom is -0.506 e. The van der Waals surface area contributed by atoms with Gasteiger partial charge in [-0.25, -0.2) is 8.42 Å². The molecular formula is C16H23N3O4S2. The van der Waals surface area contributed by atoms with Gasteiger partial charge < -0.3 is 20.5 Å². The van der Waals surface area contributed by atoms with Crippen molar-refractivity contribution < 1.29 is 18.3 Å². The van der Waals surface area contributed by atoms with Crippen LogP contribution >= 0.6 is 12.2 Å². The number of sulfonamides is 1. The van der Waals surface area contributed by atoms with E-state index in [-0.39, 0.29) is 22.4 Å². The lowest BCUT2D eigenvalue weighted by Gasteiger charge is -2.18. The fourth-order valence-electron chi connectivity index (χ4n) is 3.03. The molecule has 0 radical (unpaired) electrons. The zero-order valence-electron chi connectivity index (χ0n) is 13.9. The van der Waals surface area contributed by atoms with Crippen molar-refractivity contribution in [3.05, 3.63) is 18.2 Å². The molecule has 2 fully saturated rings. The zero-order chi connectivity index (χ0) is 17.9. The average molecular weight is 386 g/mol. The second-order valence-corrected chi connectivity index (χ2v) is 8.61. The van der Waals surface area contributed by atoms with Crippen LogP contribution in [0.2, 0.25) is 0 Å². The number of nitrogens with zero attached hydrogens (tertiary/aromatic N) is 1. The van der Waals surface area contributed by atoms with Gasteiger partial charge in [-0.05, 0) is 56.1 Å². The number of nitrogens with one attached hydrogen (secondary N) is 2. The van der Waals surface area contributed by atoms with Gasteiger partial charge in [-0.2, -0.15) is 4.31 Å². The maximum atomic E-state index is 12.6. The Kier molecular flexibility index (Phi) is 5.78. The van der Waals surface area contributed by atoms with Crippen LogP contribution in [0.15, 0.2) is 23.1 Å². The Labute approximate surface area is 153 Å². The SMILES string of the molecule is O=S(=O)(c1ccc(O)c(NC(=S)NC[C@@H]2CCCO2)c1)N1CCCC1. The third-order valence-corrected chi connectivity index (χ3v) is 6.57. The summed E-state index contributed by atoms with van der Waals surface area (Å²) in [6.45, 7) is 2.42. The highest BCUT2D eigenvalue weighted by Crippen LogP contribution is 2.29. The molecule has 2 saturated heterocycles. The van der Waals surface area contributed by atoms with Crippen LogP contribution in [0.1, 0.15) is 25.7 Å². The summed E-state index contributed by atoms with van der Waals surface area (Å²) in [6, 6.07) is 4.20. The number of rotatable bonds is 5. The van der Waals surface area contributed by atoms with E-state index in [1.165, 1.54) is 22.5 Å². The van der Waals surface area contributed by atoms with Crippen molar-refractivity contribution in [2.75, 3.05) is 31.6 Å². The first-order chi connectivity index (χ1) is 12.0. The molecule has 0 amide bonds. The Morgan fingerprint density at radius 2 is 2.08 bits per heavy atom. The van der Waals surface area contributed by atoms with E-state index in [1.807, 2.05) is 0 Å². The molecule has 25 heavy (non-hydrogen) atoms. The number of phenols is 1. The standard InChI is InChI=1S/C16H23N3O4S2/c20-15-6-5-13(25(21,22)19-7-1-2-8-19)10-14(15)18-16(24)17-11-12-4-3-9-23-12/h5-6,10,12,20H,1-4,7-9,11H2,(H2,17,18,24)/t12-/m0/s1. The fraction of sp³-hybridized carbons (Fsp3) is 0.562. The number of thiocarbonyl (C=S) groups is 1. The molecule has 7 nitrogen and oxygen atoms in total. The molecular weight excluding hydrogens is 362 g/mol. The van der Waals surface area contributed by atoms with E-state index in [4.69, 9.17) is 17.0 Å². The highest BCUT2D eigenvalue weighted by atomic mass is 32.2. The molecule has 0 aliphatic carbocycles. The first-order valence-electron chi connectivity index (χ1n) is 8.46. The quantitative estimate of drug-likeness (QED) is 0.524.